The molecule has 2 N–H and O–H groups in total. The van der Waals surface area contributed by atoms with Gasteiger partial charge in [-0.2, -0.15) is 0 Å². The second-order valence-electron chi connectivity index (χ2n) is 7.13. The molecular formula is C23H24ClN3O4S. The van der Waals surface area contributed by atoms with E-state index in [9.17, 15) is 9.59 Å². The van der Waals surface area contributed by atoms with E-state index in [1.54, 1.807) is 54.4 Å². The summed E-state index contributed by atoms with van der Waals surface area (Å²) in [6.45, 7) is 2.25. The van der Waals surface area contributed by atoms with Crippen molar-refractivity contribution >= 4 is 46.5 Å². The van der Waals surface area contributed by atoms with Crippen molar-refractivity contribution in [3.05, 3.63) is 76.0 Å². The zero-order valence-corrected chi connectivity index (χ0v) is 19.5. The van der Waals surface area contributed by atoms with Crippen molar-refractivity contribution in [1.82, 2.24) is 10.2 Å². The quantitative estimate of drug-likeness (QED) is 0.358. The number of esters is 1. The molecule has 9 heteroatoms. The highest BCUT2D eigenvalue weighted by Crippen LogP contribution is 2.32. The van der Waals surface area contributed by atoms with E-state index in [2.05, 4.69) is 10.6 Å². The number of carbonyl (C=O) groups is 2. The summed E-state index contributed by atoms with van der Waals surface area (Å²) < 4.78 is 10.3. The highest BCUT2D eigenvalue weighted by Gasteiger charge is 2.33. The Bertz CT molecular complexity index is 1070. The Hall–Kier alpha value is -2.94. The lowest BCUT2D eigenvalue weighted by molar-refractivity contribution is -0.140. The van der Waals surface area contributed by atoms with E-state index in [1.807, 2.05) is 13.0 Å². The fraction of sp³-hybridized carbons (Fsp3) is 0.261. The van der Waals surface area contributed by atoms with Gasteiger partial charge in [0.15, 0.2) is 5.11 Å². The molecule has 2 aromatic carbocycles. The van der Waals surface area contributed by atoms with Crippen LogP contribution in [0.4, 0.5) is 5.69 Å². The molecule has 1 unspecified atom stereocenters. The summed E-state index contributed by atoms with van der Waals surface area (Å²) in [5, 5.41) is 6.88. The van der Waals surface area contributed by atoms with Crippen LogP contribution in [0.15, 0.2) is 59.8 Å². The van der Waals surface area contributed by atoms with Gasteiger partial charge in [0, 0.05) is 25.5 Å². The zero-order chi connectivity index (χ0) is 23.3. The van der Waals surface area contributed by atoms with Crippen LogP contribution in [0, 0.1) is 0 Å². The van der Waals surface area contributed by atoms with Gasteiger partial charge >= 0.3 is 5.97 Å². The number of hydrogen-bond acceptors (Lipinski definition) is 5. The second kappa shape index (κ2) is 10.6. The Balaban J connectivity index is 1.89. The van der Waals surface area contributed by atoms with Crippen LogP contribution in [0.5, 0.6) is 0 Å². The number of hydrogen-bond donors (Lipinski definition) is 2. The predicted molar refractivity (Wildman–Crippen MR) is 128 cm³/mol. The lowest BCUT2D eigenvalue weighted by atomic mass is 9.95. The summed E-state index contributed by atoms with van der Waals surface area (Å²) in [7, 11) is 3.32. The Morgan fingerprint density at radius 3 is 2.66 bits per heavy atom. The SMILES string of the molecule is COCCOC(=O)C1=C(C)N(C)C(=S)NC1c1cccc(NC(=O)c2ccccc2Cl)c1. The molecule has 168 valence electrons. The number of nitrogens with zero attached hydrogens (tertiary/aromatic N) is 1. The van der Waals surface area contributed by atoms with Gasteiger partial charge in [0.25, 0.3) is 5.91 Å². The van der Waals surface area contributed by atoms with Crippen LogP contribution in [0.3, 0.4) is 0 Å². The van der Waals surface area contributed by atoms with E-state index in [-0.39, 0.29) is 12.5 Å². The van der Waals surface area contributed by atoms with E-state index in [0.29, 0.717) is 39.3 Å². The number of rotatable bonds is 7. The van der Waals surface area contributed by atoms with E-state index in [1.165, 1.54) is 7.11 Å². The van der Waals surface area contributed by atoms with Crippen molar-refractivity contribution in [3.8, 4) is 0 Å². The summed E-state index contributed by atoms with van der Waals surface area (Å²) in [5.74, 6) is -0.789. The van der Waals surface area contributed by atoms with E-state index < -0.39 is 12.0 Å². The molecule has 0 spiro atoms. The number of methoxy groups -OCH3 is 1. The molecule has 32 heavy (non-hydrogen) atoms. The fourth-order valence-corrected chi connectivity index (χ4v) is 3.76. The Kier molecular flexibility index (Phi) is 7.84. The van der Waals surface area contributed by atoms with Gasteiger partial charge in [0.2, 0.25) is 0 Å². The van der Waals surface area contributed by atoms with Crippen LogP contribution in [0.25, 0.3) is 0 Å². The summed E-state index contributed by atoms with van der Waals surface area (Å²) in [4.78, 5) is 27.3. The van der Waals surface area contributed by atoms with Gasteiger partial charge in [-0.3, -0.25) is 4.79 Å². The van der Waals surface area contributed by atoms with Crippen LogP contribution < -0.4 is 10.6 Å². The highest BCUT2D eigenvalue weighted by atomic mass is 35.5. The number of thiocarbonyl (C=S) groups is 1. The maximum absolute atomic E-state index is 12.9. The van der Waals surface area contributed by atoms with Crippen molar-refractivity contribution in [2.75, 3.05) is 32.7 Å². The third kappa shape index (κ3) is 5.27. The minimum absolute atomic E-state index is 0.140. The van der Waals surface area contributed by atoms with Crippen LogP contribution >= 0.6 is 23.8 Å². The number of carbonyl (C=O) groups excluding carboxylic acids is 2. The molecule has 1 amide bonds. The van der Waals surface area contributed by atoms with Crippen LogP contribution in [-0.4, -0.2) is 49.3 Å². The lowest BCUT2D eigenvalue weighted by Gasteiger charge is -2.35. The maximum Gasteiger partial charge on any atom is 0.338 e. The molecule has 1 atom stereocenters. The molecule has 1 heterocycles. The Labute approximate surface area is 197 Å². The monoisotopic (exact) mass is 473 g/mol. The molecular weight excluding hydrogens is 450 g/mol. The minimum atomic E-state index is -0.536. The first-order valence-corrected chi connectivity index (χ1v) is 10.7. The number of allylic oxidation sites excluding steroid dienone is 1. The third-order valence-corrected chi connectivity index (χ3v) is 5.81. The van der Waals surface area contributed by atoms with Crippen molar-refractivity contribution in [2.24, 2.45) is 0 Å². The van der Waals surface area contributed by atoms with Gasteiger partial charge in [-0.25, -0.2) is 4.79 Å². The molecule has 7 nitrogen and oxygen atoms in total. The smallest absolute Gasteiger partial charge is 0.338 e. The number of anilines is 1. The van der Waals surface area contributed by atoms with Gasteiger partial charge in [-0.1, -0.05) is 35.9 Å². The minimum Gasteiger partial charge on any atom is -0.460 e. The Morgan fingerprint density at radius 2 is 1.94 bits per heavy atom. The molecule has 0 aliphatic carbocycles. The van der Waals surface area contributed by atoms with E-state index in [0.717, 1.165) is 5.56 Å². The summed E-state index contributed by atoms with van der Waals surface area (Å²) in [6.07, 6.45) is 0. The molecule has 0 radical (unpaired) electrons. The predicted octanol–water partition coefficient (Wildman–Crippen LogP) is 3.92. The molecule has 0 aromatic heterocycles. The second-order valence-corrected chi connectivity index (χ2v) is 7.92. The number of halogens is 1. The van der Waals surface area contributed by atoms with Gasteiger partial charge in [-0.15, -0.1) is 0 Å². The first kappa shape index (κ1) is 23.7. The first-order valence-electron chi connectivity index (χ1n) is 9.90. The molecule has 3 rings (SSSR count). The first-order chi connectivity index (χ1) is 15.3. The van der Waals surface area contributed by atoms with Gasteiger partial charge in [-0.05, 0) is 49.0 Å². The summed E-state index contributed by atoms with van der Waals surface area (Å²) >= 11 is 11.6. The molecule has 0 saturated carbocycles. The standard InChI is InChI=1S/C23H24ClN3O4S/c1-14-19(22(29)31-12-11-30-3)20(26-23(32)27(14)2)15-7-6-8-16(13-15)25-21(28)17-9-4-5-10-18(17)24/h4-10,13,20H,11-12H2,1-3H3,(H,25,28)(H,26,32). The van der Waals surface area contributed by atoms with Gasteiger partial charge < -0.3 is 25.0 Å². The number of ether oxygens (including phenoxy) is 2. The molecule has 1 aliphatic heterocycles. The molecule has 0 bridgehead atoms. The molecule has 1 aliphatic rings. The van der Waals surface area contributed by atoms with E-state index in [4.69, 9.17) is 33.3 Å². The number of amides is 1. The van der Waals surface area contributed by atoms with Crippen molar-refractivity contribution in [3.63, 3.8) is 0 Å². The molecule has 0 fully saturated rings. The zero-order valence-electron chi connectivity index (χ0n) is 18.0. The fourth-order valence-electron chi connectivity index (χ4n) is 3.29. The molecule has 0 saturated heterocycles. The van der Waals surface area contributed by atoms with Crippen molar-refractivity contribution in [1.29, 1.82) is 0 Å². The van der Waals surface area contributed by atoms with Gasteiger partial charge in [0.1, 0.15) is 6.61 Å². The topological polar surface area (TPSA) is 79.9 Å². The maximum atomic E-state index is 12.9. The van der Waals surface area contributed by atoms with Crippen LogP contribution in [0.1, 0.15) is 28.9 Å². The lowest BCUT2D eigenvalue weighted by Crippen LogP contribution is -2.46. The average molecular weight is 474 g/mol. The average Bonchev–Trinajstić information content (AvgIpc) is 2.77. The van der Waals surface area contributed by atoms with E-state index >= 15 is 0 Å². The normalized spacial score (nSPS) is 15.9. The van der Waals surface area contributed by atoms with Gasteiger partial charge in [0.05, 0.1) is 28.8 Å². The van der Waals surface area contributed by atoms with Crippen LogP contribution in [0.2, 0.25) is 5.02 Å². The molecule has 2 aromatic rings. The summed E-state index contributed by atoms with van der Waals surface area (Å²) in [6, 6.07) is 13.5. The van der Waals surface area contributed by atoms with Crippen molar-refractivity contribution < 1.29 is 19.1 Å². The number of benzene rings is 2. The largest absolute Gasteiger partial charge is 0.460 e. The van der Waals surface area contributed by atoms with Crippen molar-refractivity contribution in [2.45, 2.75) is 13.0 Å². The number of nitrogens with one attached hydrogen (secondary N) is 2. The third-order valence-electron chi connectivity index (χ3n) is 5.09. The van der Waals surface area contributed by atoms with Crippen LogP contribution in [-0.2, 0) is 14.3 Å². The summed E-state index contributed by atoms with van der Waals surface area (Å²) in [5.41, 5.74) is 2.80. The Morgan fingerprint density at radius 1 is 1.19 bits per heavy atom. The highest BCUT2D eigenvalue weighted by molar-refractivity contribution is 7.80.